The van der Waals surface area contributed by atoms with Gasteiger partial charge in [-0.15, -0.1) is 0 Å². The van der Waals surface area contributed by atoms with E-state index < -0.39 is 21.8 Å². The van der Waals surface area contributed by atoms with Crippen molar-refractivity contribution < 1.29 is 13.5 Å². The standard InChI is InChI=1S/C36H26O3P2.C26H20N2.C24H16N2.CH5BP.B21P/c37-40(27-13-5-1-6-14-27,28-15-7-2-8-16-28)31-21-23-35-33(25-31)34-26-32(22-24-36(34)39-35)41(38,29-17-9-3-10-18-29)30-19-11-4-12-20-30;1-17-15-23(19-9-5-3-6-10-19)21-13-14-22-24(20-11-7-4-8-12-20)16-18(2)28-26(22)25(21)27-17;1-3-7-17(8-4-1)19-13-15-25-23-21(19)11-12-22-20(14-16-26-24(22)23)18-9-5-2-6-10-18;1-2-3;1-4-7-10-13-16-19-22(20-17-14-11-8-5-2)21-18-15-12-9-6-3/h1-26H;3-16H,1-2H3;1-16H;3H2,1H3;. The molecule has 25 radical (unpaired) electrons. The Morgan fingerprint density at radius 3 is 0.858 bits per heavy atom. The highest BCUT2D eigenvalue weighted by Crippen LogP contribution is 2.47. The highest BCUT2D eigenvalue weighted by atomic mass is 31.2. The van der Waals surface area contributed by atoms with E-state index in [1.807, 2.05) is 272 Å². The van der Waals surface area contributed by atoms with E-state index in [9.17, 15) is 0 Å². The lowest BCUT2D eigenvalue weighted by molar-refractivity contribution is 0.591. The smallest absolute Gasteiger partial charge is 0.171 e. The van der Waals surface area contributed by atoms with Crippen LogP contribution in [0.25, 0.3) is 110 Å². The maximum Gasteiger partial charge on any atom is 0.171 e. The van der Waals surface area contributed by atoms with E-state index in [2.05, 4.69) is 199 Å². The molecular weight excluding hydrogens is 1510 g/mol. The average Bonchev–Trinajstić information content (AvgIpc) is 1.43. The minimum Gasteiger partial charge on any atom is -0.456 e. The number of hydrogen-bond acceptors (Lipinski definition) is 7. The lowest BCUT2D eigenvalue weighted by Crippen LogP contribution is -2.32. The molecule has 0 fully saturated rings. The Hall–Kier alpha value is -9.17. The van der Waals surface area contributed by atoms with Crippen LogP contribution in [0.15, 0.2) is 344 Å². The first-order chi connectivity index (χ1) is 59.0. The monoisotopic (exact) mass is 1580 g/mol. The van der Waals surface area contributed by atoms with Gasteiger partial charge in [-0.05, 0) is 119 Å². The van der Waals surface area contributed by atoms with Crippen LogP contribution in [0.5, 0.6) is 0 Å². The zero-order valence-electron chi connectivity index (χ0n) is 67.0. The normalized spacial score (nSPS) is 10.7. The molecule has 17 aromatic rings. The summed E-state index contributed by atoms with van der Waals surface area (Å²) in [6.07, 6.45) is 3.75. The Balaban J connectivity index is 0.000000141. The SMILES string of the molecule is C[B]P.Cc1cc(-c2ccccc2)c2ccc3c(-c4ccccc4)cc(C)nc3c2n1.O=P(c1ccccc1)(c1ccccc1)c1ccc2oc3ccc(P(=O)(c4ccccc4)c4ccccc4)cc3c2c1.[B][B][B][B][B][B][B]P([B][B][B][B][B][B][B])[B][B][B][B][B][B][B].c1ccc(-c2ccnc3c2ccc2c(-c4ccccc4)ccnc23)cc1. The van der Waals surface area contributed by atoms with Crippen molar-refractivity contribution >= 4 is 285 Å². The van der Waals surface area contributed by atoms with Gasteiger partial charge in [0.15, 0.2) is 14.3 Å². The van der Waals surface area contributed by atoms with Crippen LogP contribution in [0.1, 0.15) is 11.4 Å². The van der Waals surface area contributed by atoms with Crippen molar-refractivity contribution in [3.8, 4) is 44.5 Å². The topological polar surface area (TPSA) is 98.8 Å². The summed E-state index contributed by atoms with van der Waals surface area (Å²) in [5, 5.41) is 10.8. The van der Waals surface area contributed by atoms with Crippen LogP contribution in [0.2, 0.25) is 6.82 Å². The summed E-state index contributed by atoms with van der Waals surface area (Å²) < 4.78 is 36.3. The van der Waals surface area contributed by atoms with E-state index >= 15 is 9.13 Å². The van der Waals surface area contributed by atoms with Gasteiger partial charge in [-0.1, -0.05) is 274 Å². The molecule has 0 saturated carbocycles. The Kier molecular flexibility index (Phi) is 33.3. The van der Waals surface area contributed by atoms with Crippen molar-refractivity contribution in [3.63, 3.8) is 0 Å². The summed E-state index contributed by atoms with van der Waals surface area (Å²) in [6, 6.07) is 109. The van der Waals surface area contributed by atoms with Gasteiger partial charge < -0.3 is 13.5 Å². The number of hydrogen-bond donors (Lipinski definition) is 0. The number of furan rings is 1. The van der Waals surface area contributed by atoms with Crippen LogP contribution in [0.3, 0.4) is 0 Å². The quantitative estimate of drug-likeness (QED) is 0.0208. The van der Waals surface area contributed by atoms with Gasteiger partial charge in [0, 0.05) is 217 Å². The molecule has 12 aromatic carbocycles. The van der Waals surface area contributed by atoms with E-state index in [0.717, 1.165) is 97.6 Å². The molecule has 0 spiro atoms. The maximum atomic E-state index is 15.0. The van der Waals surface area contributed by atoms with Gasteiger partial charge in [-0.25, -0.2) is 7.56 Å². The highest BCUT2D eigenvalue weighted by molar-refractivity contribution is 8.34. The van der Waals surface area contributed by atoms with Gasteiger partial charge in [0.1, 0.15) is 18.2 Å². The number of pyridine rings is 4. The van der Waals surface area contributed by atoms with Gasteiger partial charge >= 0.3 is 0 Å². The third-order valence-electron chi connectivity index (χ3n) is 19.7. The number of aromatic nitrogens is 4. The molecule has 0 aliphatic rings. The van der Waals surface area contributed by atoms with Crippen molar-refractivity contribution in [1.82, 2.24) is 19.9 Å². The molecule has 33 heteroatoms. The van der Waals surface area contributed by atoms with Gasteiger partial charge in [0.05, 0.1) is 42.7 Å². The number of rotatable bonds is 28. The molecule has 1 atom stereocenters. The van der Waals surface area contributed by atoms with Crippen molar-refractivity contribution in [2.75, 3.05) is 0 Å². The summed E-state index contributed by atoms with van der Waals surface area (Å²) in [6.45, 7) is 14.4. The zero-order valence-corrected chi connectivity index (χ0v) is 70.8. The average molecular weight is 1580 g/mol. The second-order valence-corrected chi connectivity index (χ2v) is 35.6. The van der Waals surface area contributed by atoms with Crippen LogP contribution >= 0.6 is 31.0 Å². The van der Waals surface area contributed by atoms with E-state index in [4.69, 9.17) is 37.6 Å². The summed E-state index contributed by atoms with van der Waals surface area (Å²) >= 11 is 0. The van der Waals surface area contributed by atoms with Crippen molar-refractivity contribution in [2.24, 2.45) is 0 Å². The molecule has 17 rings (SSSR count). The predicted octanol–water partition coefficient (Wildman–Crippen LogP) is 13.1. The van der Waals surface area contributed by atoms with Gasteiger partial charge in [0.2, 0.25) is 0 Å². The molecule has 0 saturated heterocycles. The fourth-order valence-corrected chi connectivity index (χ4v) is 20.8. The summed E-state index contributed by atoms with van der Waals surface area (Å²) in [5.74, 6) is 0. The Morgan fingerprint density at radius 1 is 0.300 bits per heavy atom. The van der Waals surface area contributed by atoms with Gasteiger partial charge in [-0.3, -0.25) is 19.9 Å². The first-order valence-electron chi connectivity index (χ1n) is 39.4. The Labute approximate surface area is 729 Å². The summed E-state index contributed by atoms with van der Waals surface area (Å²) in [4.78, 5) is 19.1. The number of aryl methyl sites for hydroxylation is 2. The highest BCUT2D eigenvalue weighted by Gasteiger charge is 2.33. The van der Waals surface area contributed by atoms with E-state index in [1.54, 1.807) is 21.2 Å². The van der Waals surface area contributed by atoms with Crippen LogP contribution < -0.4 is 31.8 Å². The zero-order chi connectivity index (χ0) is 83.3. The third kappa shape index (κ3) is 22.0. The van der Waals surface area contributed by atoms with Crippen molar-refractivity contribution in [1.29, 1.82) is 0 Å². The lowest BCUT2D eigenvalue weighted by Gasteiger charge is -2.20. The van der Waals surface area contributed by atoms with Crippen LogP contribution in [0, 0.1) is 13.8 Å². The first kappa shape index (κ1) is 88.6. The molecule has 7 nitrogen and oxygen atoms in total. The molecule has 120 heavy (non-hydrogen) atoms. The van der Waals surface area contributed by atoms with Crippen LogP contribution in [-0.4, -0.2) is 177 Å². The first-order valence-corrected chi connectivity index (χ1v) is 45.0. The minimum absolute atomic E-state index is 0.485. The lowest BCUT2D eigenvalue weighted by atomic mass is 8.96. The summed E-state index contributed by atoms with van der Waals surface area (Å²) in [7, 11) is 38.8. The number of fused-ring (bicyclic) bond motifs is 9. The largest absolute Gasteiger partial charge is 0.456 e. The molecule has 5 heterocycles. The predicted molar refractivity (Wildman–Crippen MR) is 547 cm³/mol. The van der Waals surface area contributed by atoms with E-state index in [1.165, 1.54) is 65.7 Å². The van der Waals surface area contributed by atoms with Gasteiger partial charge in [0.25, 0.3) is 0 Å². The molecule has 0 aliphatic heterocycles. The maximum absolute atomic E-state index is 15.0. The fraction of sp³-hybridized carbons (Fsp3) is 0.0345. The minimum atomic E-state index is -3.17. The van der Waals surface area contributed by atoms with Gasteiger partial charge in [-0.2, -0.15) is 9.12 Å². The van der Waals surface area contributed by atoms with Crippen LogP contribution in [-0.2, 0) is 9.13 Å². The number of benzene rings is 12. The summed E-state index contributed by atoms with van der Waals surface area (Å²) in [5.41, 5.74) is 16.8. The molecule has 539 valence electrons. The molecule has 1 unspecified atom stereocenters. The van der Waals surface area contributed by atoms with E-state index in [0.29, 0.717) is 11.2 Å². The van der Waals surface area contributed by atoms with Crippen molar-refractivity contribution in [3.05, 3.63) is 351 Å². The number of nitrogens with zero attached hydrogens (tertiary/aromatic N) is 4. The Bertz CT molecular complexity index is 5780. The molecule has 0 bridgehead atoms. The fourth-order valence-electron chi connectivity index (χ4n) is 14.3. The molecule has 0 amide bonds. The van der Waals surface area contributed by atoms with E-state index in [-0.39, 0.29) is 0 Å². The molecule has 0 aliphatic carbocycles. The molecule has 5 aromatic heterocycles. The molecule has 0 N–H and O–H groups in total. The second kappa shape index (κ2) is 45.1. The second-order valence-electron chi connectivity index (χ2n) is 27.7. The third-order valence-corrected chi connectivity index (χ3v) is 27.4. The molecular formula is C87H67B22N4O3P4. The Morgan fingerprint density at radius 2 is 0.567 bits per heavy atom. The van der Waals surface area contributed by atoms with Crippen LogP contribution in [0.4, 0.5) is 0 Å². The van der Waals surface area contributed by atoms with Crippen molar-refractivity contribution in [2.45, 2.75) is 20.7 Å².